The van der Waals surface area contributed by atoms with Gasteiger partial charge in [0.2, 0.25) is 0 Å². The summed E-state index contributed by atoms with van der Waals surface area (Å²) >= 11 is 9.35. The van der Waals surface area contributed by atoms with E-state index in [4.69, 9.17) is 5.73 Å². The van der Waals surface area contributed by atoms with E-state index >= 15 is 0 Å². The molecule has 0 atom stereocenters. The lowest BCUT2D eigenvalue weighted by Gasteiger charge is -2.11. The molecule has 0 aliphatic carbocycles. The minimum Gasteiger partial charge on any atom is -0.545 e. The first-order chi connectivity index (χ1) is 5.95. The van der Waals surface area contributed by atoms with Crippen LogP contribution in [0.15, 0.2) is 19.5 Å². The number of hydrogen-bond donors (Lipinski definition) is 1. The molecule has 6 heteroatoms. The molecule has 0 saturated heterocycles. The number of nitrogen functional groups attached to an aromatic ring is 1. The van der Waals surface area contributed by atoms with E-state index in [0.29, 0.717) is 19.1 Å². The second-order valence-corrected chi connectivity index (χ2v) is 4.73. The summed E-state index contributed by atoms with van der Waals surface area (Å²) in [7, 11) is 0. The van der Waals surface area contributed by atoms with E-state index in [1.54, 1.807) is 6.07 Å². The molecule has 70 valence electrons. The molecular weight excluding hydrogens is 370 g/mol. The molecule has 1 rings (SSSR count). The first-order valence-electron chi connectivity index (χ1n) is 3.09. The van der Waals surface area contributed by atoms with Gasteiger partial charge in [0.1, 0.15) is 0 Å². The summed E-state index contributed by atoms with van der Waals surface area (Å²) < 4.78 is 1.35. The Labute approximate surface area is 99.7 Å². The van der Waals surface area contributed by atoms with Gasteiger partial charge in [0.05, 0.1) is 16.1 Å². The third-order valence-electron chi connectivity index (χ3n) is 1.41. The smallest absolute Gasteiger partial charge is 0.0738 e. The minimum atomic E-state index is -1.28. The third kappa shape index (κ3) is 2.05. The predicted molar refractivity (Wildman–Crippen MR) is 58.3 cm³/mol. The Morgan fingerprint density at radius 2 is 1.85 bits per heavy atom. The van der Waals surface area contributed by atoms with Crippen molar-refractivity contribution >= 4 is 59.4 Å². The zero-order chi connectivity index (χ0) is 10.2. The number of anilines is 1. The summed E-state index contributed by atoms with van der Waals surface area (Å²) in [6.07, 6.45) is 0. The van der Waals surface area contributed by atoms with Gasteiger partial charge < -0.3 is 15.6 Å². The van der Waals surface area contributed by atoms with E-state index in [1.807, 2.05) is 0 Å². The molecule has 0 amide bonds. The van der Waals surface area contributed by atoms with Gasteiger partial charge in [0, 0.05) is 14.5 Å². The Balaban J connectivity index is 3.53. The molecule has 0 saturated carbocycles. The fourth-order valence-corrected chi connectivity index (χ4v) is 3.24. The molecule has 0 radical (unpaired) electrons. The highest BCUT2D eigenvalue weighted by atomic mass is 79.9. The molecule has 0 fully saturated rings. The first-order valence-corrected chi connectivity index (χ1v) is 5.47. The lowest BCUT2D eigenvalue weighted by atomic mass is 10.2. The van der Waals surface area contributed by atoms with Crippen molar-refractivity contribution in [1.29, 1.82) is 0 Å². The summed E-state index contributed by atoms with van der Waals surface area (Å²) in [6.45, 7) is 0. The Morgan fingerprint density at radius 1 is 1.31 bits per heavy atom. The third-order valence-corrected chi connectivity index (χ3v) is 3.51. The van der Waals surface area contributed by atoms with Crippen molar-refractivity contribution in [3.63, 3.8) is 0 Å². The van der Waals surface area contributed by atoms with Crippen molar-refractivity contribution in [3.8, 4) is 0 Å². The van der Waals surface area contributed by atoms with E-state index in [-0.39, 0.29) is 5.56 Å². The van der Waals surface area contributed by atoms with Gasteiger partial charge >= 0.3 is 0 Å². The lowest BCUT2D eigenvalue weighted by Crippen LogP contribution is -2.23. The molecule has 1 aromatic rings. The lowest BCUT2D eigenvalue weighted by molar-refractivity contribution is -0.255. The maximum Gasteiger partial charge on any atom is 0.0738 e. The molecule has 0 spiro atoms. The summed E-state index contributed by atoms with van der Waals surface area (Å²) in [4.78, 5) is 10.7. The van der Waals surface area contributed by atoms with Crippen LogP contribution in [0.4, 0.5) is 5.69 Å². The molecule has 0 aliphatic heterocycles. The largest absolute Gasteiger partial charge is 0.545 e. The highest BCUT2D eigenvalue weighted by Crippen LogP contribution is 2.35. The fraction of sp³-hybridized carbons (Fsp3) is 0. The molecule has 0 bridgehead atoms. The number of carbonyl (C=O) groups is 1. The second kappa shape index (κ2) is 3.98. The maximum atomic E-state index is 10.7. The highest BCUT2D eigenvalue weighted by Gasteiger charge is 2.12. The molecule has 0 heterocycles. The van der Waals surface area contributed by atoms with Gasteiger partial charge in [0.15, 0.2) is 0 Å². The van der Waals surface area contributed by atoms with Gasteiger partial charge in [-0.25, -0.2) is 0 Å². The zero-order valence-electron chi connectivity index (χ0n) is 6.11. The number of aromatic carboxylic acids is 1. The van der Waals surface area contributed by atoms with Gasteiger partial charge in [0.25, 0.3) is 0 Å². The van der Waals surface area contributed by atoms with Crippen LogP contribution in [0.5, 0.6) is 0 Å². The second-order valence-electron chi connectivity index (χ2n) is 2.23. The van der Waals surface area contributed by atoms with Crippen molar-refractivity contribution in [3.05, 3.63) is 25.0 Å². The van der Waals surface area contributed by atoms with Gasteiger partial charge in [-0.3, -0.25) is 0 Å². The normalized spacial score (nSPS) is 10.1. The summed E-state index contributed by atoms with van der Waals surface area (Å²) in [5.74, 6) is -1.28. The zero-order valence-corrected chi connectivity index (χ0v) is 10.9. The molecule has 0 aromatic heterocycles. The summed E-state index contributed by atoms with van der Waals surface area (Å²) in [5, 5.41) is 10.7. The molecule has 1 aromatic carbocycles. The van der Waals surface area contributed by atoms with Crippen molar-refractivity contribution in [2.24, 2.45) is 0 Å². The SMILES string of the molecule is Nc1c(Br)cc(Br)c(C(=O)[O-])c1Br. The Morgan fingerprint density at radius 3 is 2.31 bits per heavy atom. The number of halogens is 3. The van der Waals surface area contributed by atoms with Crippen molar-refractivity contribution in [1.82, 2.24) is 0 Å². The topological polar surface area (TPSA) is 66.2 Å². The van der Waals surface area contributed by atoms with Crippen LogP contribution >= 0.6 is 47.8 Å². The van der Waals surface area contributed by atoms with E-state index in [9.17, 15) is 9.90 Å². The fourth-order valence-electron chi connectivity index (χ4n) is 0.793. The van der Waals surface area contributed by atoms with Crippen molar-refractivity contribution < 1.29 is 9.90 Å². The number of benzene rings is 1. The first kappa shape index (κ1) is 11.0. The number of carboxylic acids is 1. The molecule has 0 aliphatic rings. The standard InChI is InChI=1S/C7H4Br3NO2/c8-2-1-3(9)6(11)5(10)4(2)7(12)13/h1H,11H2,(H,12,13)/p-1. The Hall–Kier alpha value is -0.0700. The molecule has 2 N–H and O–H groups in total. The highest BCUT2D eigenvalue weighted by molar-refractivity contribution is 9.11. The van der Waals surface area contributed by atoms with Crippen LogP contribution in [-0.2, 0) is 0 Å². The quantitative estimate of drug-likeness (QED) is 0.766. The van der Waals surface area contributed by atoms with E-state index < -0.39 is 5.97 Å². The van der Waals surface area contributed by atoms with Gasteiger partial charge in [-0.2, -0.15) is 0 Å². The number of hydrogen-bond acceptors (Lipinski definition) is 3. The van der Waals surface area contributed by atoms with Crippen LogP contribution < -0.4 is 10.8 Å². The number of rotatable bonds is 1. The van der Waals surface area contributed by atoms with Crippen LogP contribution in [-0.4, -0.2) is 5.97 Å². The van der Waals surface area contributed by atoms with Gasteiger partial charge in [-0.1, -0.05) is 15.9 Å². The molecular formula is C7H3Br3NO2-. The maximum absolute atomic E-state index is 10.7. The van der Waals surface area contributed by atoms with Crippen LogP contribution in [0, 0.1) is 0 Å². The van der Waals surface area contributed by atoms with Crippen molar-refractivity contribution in [2.45, 2.75) is 0 Å². The average Bonchev–Trinajstić information content (AvgIpc) is 1.99. The predicted octanol–water partition coefficient (Wildman–Crippen LogP) is 1.92. The van der Waals surface area contributed by atoms with Crippen LogP contribution in [0.1, 0.15) is 10.4 Å². The Bertz CT molecular complexity index is 378. The van der Waals surface area contributed by atoms with Crippen LogP contribution in [0.2, 0.25) is 0 Å². The summed E-state index contributed by atoms with van der Waals surface area (Å²) in [5.41, 5.74) is 5.93. The van der Waals surface area contributed by atoms with Gasteiger partial charge in [-0.15, -0.1) is 0 Å². The Kier molecular flexibility index (Phi) is 3.37. The average molecular weight is 373 g/mol. The summed E-state index contributed by atoms with van der Waals surface area (Å²) in [6, 6.07) is 1.56. The van der Waals surface area contributed by atoms with E-state index in [2.05, 4.69) is 47.8 Å². The molecule has 3 nitrogen and oxygen atoms in total. The van der Waals surface area contributed by atoms with Crippen LogP contribution in [0.3, 0.4) is 0 Å². The molecule has 0 unspecified atom stereocenters. The van der Waals surface area contributed by atoms with Crippen LogP contribution in [0.25, 0.3) is 0 Å². The monoisotopic (exact) mass is 370 g/mol. The van der Waals surface area contributed by atoms with Gasteiger partial charge in [-0.05, 0) is 37.9 Å². The molecule has 13 heavy (non-hydrogen) atoms. The number of nitrogens with two attached hydrogens (primary N) is 1. The van der Waals surface area contributed by atoms with Crippen molar-refractivity contribution in [2.75, 3.05) is 5.73 Å². The van der Waals surface area contributed by atoms with E-state index in [1.165, 1.54) is 0 Å². The number of carbonyl (C=O) groups excluding carboxylic acids is 1. The van der Waals surface area contributed by atoms with E-state index in [0.717, 1.165) is 0 Å². The minimum absolute atomic E-state index is 0.0145. The number of carboxylic acid groups (broad SMARTS) is 1.